The third kappa shape index (κ3) is 4.93. The van der Waals surface area contributed by atoms with E-state index in [9.17, 15) is 14.4 Å². The molecule has 3 aromatic carbocycles. The van der Waals surface area contributed by atoms with Crippen molar-refractivity contribution >= 4 is 34.8 Å². The molecule has 3 aromatic rings. The number of urea groups is 1. The van der Waals surface area contributed by atoms with Crippen LogP contribution in [0.4, 0.5) is 4.79 Å². The monoisotopic (exact) mass is 485 g/mol. The Bertz CT molecular complexity index is 1310. The van der Waals surface area contributed by atoms with E-state index in [1.807, 2.05) is 73.7 Å². The number of nitrogens with zero attached hydrogens (tertiary/aromatic N) is 3. The number of rotatable bonds is 10. The molecule has 0 spiro atoms. The predicted octanol–water partition coefficient (Wildman–Crippen LogP) is 3.86. The van der Waals surface area contributed by atoms with Crippen LogP contribution in [0.25, 0.3) is 10.8 Å². The van der Waals surface area contributed by atoms with E-state index in [0.717, 1.165) is 33.9 Å². The molecule has 4 amide bonds. The highest BCUT2D eigenvalue weighted by Crippen LogP contribution is 2.38. The van der Waals surface area contributed by atoms with Gasteiger partial charge in [0.25, 0.3) is 5.91 Å². The predicted molar refractivity (Wildman–Crippen MR) is 140 cm³/mol. The van der Waals surface area contributed by atoms with Crippen molar-refractivity contribution in [3.63, 3.8) is 0 Å². The van der Waals surface area contributed by atoms with Gasteiger partial charge in [0.05, 0.1) is 12.8 Å². The van der Waals surface area contributed by atoms with Gasteiger partial charge in [-0.3, -0.25) is 14.5 Å². The van der Waals surface area contributed by atoms with Crippen molar-refractivity contribution in [3.05, 3.63) is 83.4 Å². The zero-order valence-corrected chi connectivity index (χ0v) is 20.4. The van der Waals surface area contributed by atoms with Crippen LogP contribution in [-0.4, -0.2) is 40.4 Å². The van der Waals surface area contributed by atoms with Gasteiger partial charge in [0.15, 0.2) is 0 Å². The fourth-order valence-electron chi connectivity index (χ4n) is 4.81. The molecule has 8 nitrogen and oxygen atoms in total. The topological polar surface area (TPSA) is 122 Å². The fraction of sp³-hybridized carbons (Fsp3) is 0.286. The fourth-order valence-corrected chi connectivity index (χ4v) is 4.81. The number of amides is 4. The summed E-state index contributed by atoms with van der Waals surface area (Å²) in [5, 5.41) is 5.60. The van der Waals surface area contributed by atoms with Crippen molar-refractivity contribution in [3.8, 4) is 0 Å². The van der Waals surface area contributed by atoms with Crippen LogP contribution in [0.2, 0.25) is 0 Å². The first-order valence-electron chi connectivity index (χ1n) is 12.1. The van der Waals surface area contributed by atoms with E-state index in [2.05, 4.69) is 5.10 Å². The van der Waals surface area contributed by atoms with E-state index in [1.165, 1.54) is 4.90 Å². The highest BCUT2D eigenvalue weighted by Gasteiger charge is 2.54. The zero-order chi connectivity index (χ0) is 25.7. The van der Waals surface area contributed by atoms with Crippen LogP contribution >= 0.6 is 0 Å². The Kier molecular flexibility index (Phi) is 7.33. The highest BCUT2D eigenvalue weighted by atomic mass is 16.2. The molecule has 1 aliphatic heterocycles. The van der Waals surface area contributed by atoms with E-state index in [1.54, 1.807) is 11.1 Å². The molecule has 1 saturated heterocycles. The Hall–Kier alpha value is -4.20. The SMILES string of the molecule is CC1(c2ccccc2)C(=O)N(Cc2ccc3ccc(C=NN)cc3c2)C(=O)N1CCCCCC(N)=O. The lowest BCUT2D eigenvalue weighted by Gasteiger charge is -2.32. The van der Waals surface area contributed by atoms with Crippen LogP contribution in [0.3, 0.4) is 0 Å². The number of unbranched alkanes of at least 4 members (excludes halogenated alkanes) is 2. The molecule has 0 bridgehead atoms. The number of hydrazone groups is 1. The molecular formula is C28H31N5O3. The van der Waals surface area contributed by atoms with Gasteiger partial charge in [-0.15, -0.1) is 0 Å². The maximum Gasteiger partial charge on any atom is 0.328 e. The number of benzene rings is 3. The van der Waals surface area contributed by atoms with Gasteiger partial charge in [-0.2, -0.15) is 5.10 Å². The average molecular weight is 486 g/mol. The van der Waals surface area contributed by atoms with Crippen molar-refractivity contribution in [1.82, 2.24) is 9.80 Å². The molecule has 1 aliphatic rings. The summed E-state index contributed by atoms with van der Waals surface area (Å²) in [6.45, 7) is 2.39. The number of imide groups is 1. The first-order valence-corrected chi connectivity index (χ1v) is 12.1. The van der Waals surface area contributed by atoms with Crippen molar-refractivity contribution in [2.45, 2.75) is 44.7 Å². The summed E-state index contributed by atoms with van der Waals surface area (Å²) in [7, 11) is 0. The van der Waals surface area contributed by atoms with Crippen molar-refractivity contribution in [2.75, 3.05) is 6.54 Å². The van der Waals surface area contributed by atoms with Crippen LogP contribution in [0.5, 0.6) is 0 Å². The summed E-state index contributed by atoms with van der Waals surface area (Å²) in [6.07, 6.45) is 3.96. The van der Waals surface area contributed by atoms with Gasteiger partial charge in [0.2, 0.25) is 5.91 Å². The molecule has 1 unspecified atom stereocenters. The number of hydrogen-bond donors (Lipinski definition) is 2. The van der Waals surface area contributed by atoms with E-state index in [4.69, 9.17) is 11.6 Å². The van der Waals surface area contributed by atoms with Crippen molar-refractivity contribution in [1.29, 1.82) is 0 Å². The van der Waals surface area contributed by atoms with E-state index in [0.29, 0.717) is 25.8 Å². The maximum absolute atomic E-state index is 13.8. The quantitative estimate of drug-likeness (QED) is 0.149. The lowest BCUT2D eigenvalue weighted by atomic mass is 9.90. The molecule has 0 saturated carbocycles. The zero-order valence-electron chi connectivity index (χ0n) is 20.4. The maximum atomic E-state index is 13.8. The van der Waals surface area contributed by atoms with Gasteiger partial charge < -0.3 is 16.5 Å². The molecule has 36 heavy (non-hydrogen) atoms. The number of fused-ring (bicyclic) bond motifs is 1. The van der Waals surface area contributed by atoms with Gasteiger partial charge in [0, 0.05) is 13.0 Å². The Labute approximate surface area is 210 Å². The van der Waals surface area contributed by atoms with Crippen molar-refractivity contribution < 1.29 is 14.4 Å². The number of carbonyl (C=O) groups is 3. The molecule has 4 rings (SSSR count). The minimum absolute atomic E-state index is 0.170. The molecule has 8 heteroatoms. The van der Waals surface area contributed by atoms with Crippen LogP contribution in [0, 0.1) is 0 Å². The molecule has 1 heterocycles. The van der Waals surface area contributed by atoms with E-state index >= 15 is 0 Å². The molecule has 186 valence electrons. The normalized spacial score (nSPS) is 18.0. The summed E-state index contributed by atoms with van der Waals surface area (Å²) in [5.41, 5.74) is 6.62. The first-order chi connectivity index (χ1) is 17.3. The smallest absolute Gasteiger partial charge is 0.328 e. The van der Waals surface area contributed by atoms with Gasteiger partial charge in [-0.25, -0.2) is 4.79 Å². The van der Waals surface area contributed by atoms with Gasteiger partial charge in [0.1, 0.15) is 5.54 Å². The lowest BCUT2D eigenvalue weighted by Crippen LogP contribution is -2.44. The molecular weight excluding hydrogens is 454 g/mol. The van der Waals surface area contributed by atoms with Gasteiger partial charge in [-0.05, 0) is 59.4 Å². The summed E-state index contributed by atoms with van der Waals surface area (Å²) >= 11 is 0. The third-order valence-corrected chi connectivity index (χ3v) is 6.80. The third-order valence-electron chi connectivity index (χ3n) is 6.80. The van der Waals surface area contributed by atoms with Crippen molar-refractivity contribution in [2.24, 2.45) is 16.7 Å². The summed E-state index contributed by atoms with van der Waals surface area (Å²) in [5.74, 6) is 4.70. The van der Waals surface area contributed by atoms with E-state index < -0.39 is 5.54 Å². The minimum atomic E-state index is -1.11. The molecule has 4 N–H and O–H groups in total. The Morgan fingerprint density at radius 1 is 0.972 bits per heavy atom. The second kappa shape index (κ2) is 10.6. The lowest BCUT2D eigenvalue weighted by molar-refractivity contribution is -0.133. The number of nitrogens with two attached hydrogens (primary N) is 2. The second-order valence-electron chi connectivity index (χ2n) is 9.26. The number of carbonyl (C=O) groups excluding carboxylic acids is 3. The van der Waals surface area contributed by atoms with Gasteiger partial charge in [-0.1, -0.05) is 61.0 Å². The number of primary amides is 1. The minimum Gasteiger partial charge on any atom is -0.370 e. The Morgan fingerprint density at radius 3 is 2.44 bits per heavy atom. The second-order valence-corrected chi connectivity index (χ2v) is 9.26. The summed E-state index contributed by atoms with van der Waals surface area (Å²) in [6, 6.07) is 20.9. The highest BCUT2D eigenvalue weighted by molar-refractivity contribution is 6.07. The largest absolute Gasteiger partial charge is 0.370 e. The van der Waals surface area contributed by atoms with Crippen LogP contribution < -0.4 is 11.6 Å². The number of hydrogen-bond acceptors (Lipinski definition) is 5. The van der Waals surface area contributed by atoms with Crippen LogP contribution in [0.15, 0.2) is 71.8 Å². The van der Waals surface area contributed by atoms with Crippen LogP contribution in [0.1, 0.15) is 49.3 Å². The molecule has 1 fully saturated rings. The molecule has 0 radical (unpaired) electrons. The van der Waals surface area contributed by atoms with Crippen LogP contribution in [-0.2, 0) is 21.7 Å². The van der Waals surface area contributed by atoms with E-state index in [-0.39, 0.29) is 24.4 Å². The Morgan fingerprint density at radius 2 is 1.72 bits per heavy atom. The molecule has 0 aromatic heterocycles. The molecule has 1 atom stereocenters. The standard InChI is InChI=1S/C28H31N5O3/c1-28(24-8-4-2-5-9-24)26(35)32(27(36)33(28)15-7-3-6-10-25(29)34)19-21-12-14-22-13-11-20(18-31-30)16-23(22)17-21/h2,4-5,8-9,11-14,16-18H,3,6-7,10,15,19,30H2,1H3,(H2,29,34). The van der Waals surface area contributed by atoms with Gasteiger partial charge >= 0.3 is 6.03 Å². The Balaban J connectivity index is 1.60. The summed E-state index contributed by atoms with van der Waals surface area (Å²) < 4.78 is 0. The summed E-state index contributed by atoms with van der Waals surface area (Å²) in [4.78, 5) is 41.5. The average Bonchev–Trinajstić information content (AvgIpc) is 3.05. The molecule has 0 aliphatic carbocycles. The first kappa shape index (κ1) is 24.9.